The van der Waals surface area contributed by atoms with Crippen molar-refractivity contribution >= 4 is 44.1 Å². The second-order valence-corrected chi connectivity index (χ2v) is 20.9. The number of oxazole rings is 2. The van der Waals surface area contributed by atoms with Crippen molar-refractivity contribution < 1.29 is 18.3 Å². The van der Waals surface area contributed by atoms with E-state index in [0.29, 0.717) is 80.1 Å². The summed E-state index contributed by atoms with van der Waals surface area (Å²) < 4.78 is 25.6. The number of aromatic nitrogens is 4. The first kappa shape index (κ1) is 49.4. The number of fused-ring (bicyclic) bond motifs is 3. The van der Waals surface area contributed by atoms with Crippen LogP contribution in [0.2, 0.25) is 0 Å². The van der Waals surface area contributed by atoms with Gasteiger partial charge < -0.3 is 28.3 Å². The molecule has 0 amide bonds. The molecule has 0 aliphatic carbocycles. The predicted molar refractivity (Wildman–Crippen MR) is 282 cm³/mol. The molecule has 0 saturated carbocycles. The fourth-order valence-electron chi connectivity index (χ4n) is 9.14. The summed E-state index contributed by atoms with van der Waals surface area (Å²) in [5.74, 6) is 2.85. The van der Waals surface area contributed by atoms with Crippen LogP contribution >= 0.6 is 0 Å². The third-order valence-corrected chi connectivity index (χ3v) is 13.8. The van der Waals surface area contributed by atoms with E-state index < -0.39 is 0 Å². The number of benzene rings is 4. The molecule has 2 atom stereocenters. The van der Waals surface area contributed by atoms with Crippen molar-refractivity contribution in [1.82, 2.24) is 19.9 Å². The van der Waals surface area contributed by atoms with Crippen LogP contribution in [-0.2, 0) is 10.8 Å². The van der Waals surface area contributed by atoms with E-state index in [1.807, 2.05) is 84.9 Å². The maximum absolute atomic E-state index is 11.2. The van der Waals surface area contributed by atoms with Crippen LogP contribution in [0, 0.1) is 34.5 Å². The Morgan fingerprint density at radius 1 is 0.571 bits per heavy atom. The SMILES string of the molecule is CCCCC(CC)COc1ccc(-c2[nH]/c(=C(/C#N)c3nc4cc(C(C)(C)C)ccc4o3)c3c(-c4ccc(OCC(CC)CCCC)cc4)[nH]/c(=C(/C#N)c4nc5cc(C(C)(C)C)ccc5o4)c23)cc1. The molecule has 4 aromatic carbocycles. The van der Waals surface area contributed by atoms with Crippen molar-refractivity contribution in [2.45, 2.75) is 131 Å². The van der Waals surface area contributed by atoms with Gasteiger partial charge >= 0.3 is 0 Å². The number of hydrogen-bond donors (Lipinski definition) is 2. The number of nitrogens with one attached hydrogen (secondary N) is 2. The first-order valence-corrected chi connectivity index (χ1v) is 25.3. The van der Waals surface area contributed by atoms with Gasteiger partial charge in [0.1, 0.15) is 45.8 Å². The lowest BCUT2D eigenvalue weighted by Crippen LogP contribution is -2.12. The summed E-state index contributed by atoms with van der Waals surface area (Å²) in [4.78, 5) is 17.3. The van der Waals surface area contributed by atoms with Crippen molar-refractivity contribution in [3.05, 3.63) is 119 Å². The number of hydrogen-bond acceptors (Lipinski definition) is 8. The number of unbranched alkanes of at least 4 members (excludes halogenated alkanes) is 2. The van der Waals surface area contributed by atoms with Gasteiger partial charge in [-0.3, -0.25) is 0 Å². The molecule has 10 heteroatoms. The van der Waals surface area contributed by atoms with Crippen LogP contribution in [0.1, 0.15) is 144 Å². The van der Waals surface area contributed by atoms with Gasteiger partial charge in [-0.25, -0.2) is 9.97 Å². The highest BCUT2D eigenvalue weighted by molar-refractivity contribution is 6.07. The maximum atomic E-state index is 11.2. The number of nitriles is 2. The molecule has 362 valence electrons. The minimum atomic E-state index is -0.120. The molecule has 2 unspecified atom stereocenters. The van der Waals surface area contributed by atoms with E-state index in [1.165, 1.54) is 12.8 Å². The third kappa shape index (κ3) is 10.4. The Hall–Kier alpha value is -7.04. The van der Waals surface area contributed by atoms with Gasteiger partial charge in [0.15, 0.2) is 11.2 Å². The molecule has 4 aromatic heterocycles. The lowest BCUT2D eigenvalue weighted by molar-refractivity contribution is 0.233. The van der Waals surface area contributed by atoms with E-state index in [2.05, 4.69) is 91.3 Å². The molecule has 4 heterocycles. The van der Waals surface area contributed by atoms with Crippen molar-refractivity contribution in [2.24, 2.45) is 11.8 Å². The first-order valence-electron chi connectivity index (χ1n) is 25.3. The first-order chi connectivity index (χ1) is 33.7. The second-order valence-electron chi connectivity index (χ2n) is 20.9. The lowest BCUT2D eigenvalue weighted by atomic mass is 9.87. The van der Waals surface area contributed by atoms with E-state index in [0.717, 1.165) is 72.3 Å². The number of ether oxygens (including phenoxy) is 2. The van der Waals surface area contributed by atoms with Gasteiger partial charge in [0.25, 0.3) is 0 Å². The Kier molecular flexibility index (Phi) is 14.7. The standard InChI is InChI=1S/C60H68N6O4/c1-11-15-17-37(13-3)35-67-43-25-19-39(20-26-43)53-51-52(56(65-53)46(34-62)58-64-48-32-42(60(8,9)10)24-30-50(48)70-58)54(40-21-27-44(28-22-40)68-36-38(14-4)18-16-12-2)66-55(51)45(33-61)57-63-47-31-41(59(5,6)7)23-29-49(47)69-57/h19-32,37-38,65-66H,11-18,35-36H2,1-10H3/b55-45-,56-46-. The van der Waals surface area contributed by atoms with E-state index in [9.17, 15) is 10.5 Å². The molecule has 0 aliphatic heterocycles. The fourth-order valence-corrected chi connectivity index (χ4v) is 9.14. The van der Waals surface area contributed by atoms with Crippen LogP contribution in [0.25, 0.3) is 66.6 Å². The average Bonchev–Trinajstić information content (AvgIpc) is 4.15. The highest BCUT2D eigenvalue weighted by Crippen LogP contribution is 2.35. The van der Waals surface area contributed by atoms with Crippen LogP contribution in [0.3, 0.4) is 0 Å². The Labute approximate surface area is 412 Å². The largest absolute Gasteiger partial charge is 0.493 e. The third-order valence-electron chi connectivity index (χ3n) is 13.8. The molecule has 70 heavy (non-hydrogen) atoms. The second kappa shape index (κ2) is 20.9. The predicted octanol–water partition coefficient (Wildman–Crippen LogP) is 14.3. The number of nitrogens with zero attached hydrogens (tertiary/aromatic N) is 4. The van der Waals surface area contributed by atoms with E-state index >= 15 is 0 Å². The Morgan fingerprint density at radius 2 is 0.957 bits per heavy atom. The molecule has 0 saturated heterocycles. The van der Waals surface area contributed by atoms with Gasteiger partial charge in [0, 0.05) is 10.8 Å². The van der Waals surface area contributed by atoms with Gasteiger partial charge in [0.05, 0.1) is 35.3 Å². The summed E-state index contributed by atoms with van der Waals surface area (Å²) in [7, 11) is 0. The lowest BCUT2D eigenvalue weighted by Gasteiger charge is -2.18. The summed E-state index contributed by atoms with van der Waals surface area (Å²) >= 11 is 0. The van der Waals surface area contributed by atoms with E-state index in [1.54, 1.807) is 0 Å². The van der Waals surface area contributed by atoms with Gasteiger partial charge in [-0.1, -0.05) is 120 Å². The van der Waals surface area contributed by atoms with Crippen LogP contribution < -0.4 is 20.2 Å². The molecule has 0 fully saturated rings. The van der Waals surface area contributed by atoms with Crippen molar-refractivity contribution in [3.63, 3.8) is 0 Å². The number of rotatable bonds is 18. The zero-order valence-electron chi connectivity index (χ0n) is 42.7. The summed E-state index contributed by atoms with van der Waals surface area (Å²) in [6.07, 6.45) is 9.04. The van der Waals surface area contributed by atoms with Gasteiger partial charge in [0.2, 0.25) is 11.8 Å². The summed E-state index contributed by atoms with van der Waals surface area (Å²) in [5.41, 5.74) is 7.85. The van der Waals surface area contributed by atoms with Crippen LogP contribution in [0.15, 0.2) is 93.8 Å². The summed E-state index contributed by atoms with van der Waals surface area (Å²) in [6.45, 7) is 23.1. The molecule has 0 aliphatic rings. The quantitative estimate of drug-likeness (QED) is 0.0863. The summed E-state index contributed by atoms with van der Waals surface area (Å²) in [5, 5.41) is 24.8. The zero-order chi connectivity index (χ0) is 49.7. The smallest absolute Gasteiger partial charge is 0.240 e. The van der Waals surface area contributed by atoms with Crippen molar-refractivity contribution in [3.8, 4) is 46.2 Å². The molecule has 0 bridgehead atoms. The average molecular weight is 937 g/mol. The maximum Gasteiger partial charge on any atom is 0.240 e. The monoisotopic (exact) mass is 937 g/mol. The zero-order valence-corrected chi connectivity index (χ0v) is 42.7. The van der Waals surface area contributed by atoms with Crippen LogP contribution in [0.5, 0.6) is 11.5 Å². The minimum Gasteiger partial charge on any atom is -0.493 e. The topological polar surface area (TPSA) is 150 Å². The normalized spacial score (nSPS) is 13.9. The van der Waals surface area contributed by atoms with Gasteiger partial charge in [-0.2, -0.15) is 10.5 Å². The van der Waals surface area contributed by atoms with Crippen LogP contribution in [0.4, 0.5) is 0 Å². The number of aromatic amines is 2. The fraction of sp³-hybridized carbons (Fsp3) is 0.400. The van der Waals surface area contributed by atoms with E-state index in [4.69, 9.17) is 28.3 Å². The van der Waals surface area contributed by atoms with Crippen molar-refractivity contribution in [2.75, 3.05) is 13.2 Å². The molecule has 0 spiro atoms. The molecular weight excluding hydrogens is 869 g/mol. The van der Waals surface area contributed by atoms with Crippen LogP contribution in [-0.4, -0.2) is 33.1 Å². The Morgan fingerprint density at radius 3 is 1.29 bits per heavy atom. The molecule has 2 N–H and O–H groups in total. The Bertz CT molecular complexity index is 3100. The highest BCUT2D eigenvalue weighted by Gasteiger charge is 2.26. The minimum absolute atomic E-state index is 0.120. The van der Waals surface area contributed by atoms with Gasteiger partial charge in [-0.15, -0.1) is 0 Å². The number of H-pyrrole nitrogens is 2. The molecular formula is C60H68N6O4. The molecule has 8 rings (SSSR count). The van der Waals surface area contributed by atoms with Gasteiger partial charge in [-0.05, 0) is 131 Å². The highest BCUT2D eigenvalue weighted by atomic mass is 16.5. The molecule has 0 radical (unpaired) electrons. The van der Waals surface area contributed by atoms with E-state index in [-0.39, 0.29) is 33.8 Å². The molecule has 8 aromatic rings. The summed E-state index contributed by atoms with van der Waals surface area (Å²) in [6, 6.07) is 32.9. The Balaban J connectivity index is 1.39. The molecule has 10 nitrogen and oxygen atoms in total. The van der Waals surface area contributed by atoms with Crippen molar-refractivity contribution in [1.29, 1.82) is 10.5 Å².